The van der Waals surface area contributed by atoms with E-state index in [4.69, 9.17) is 14.0 Å². The summed E-state index contributed by atoms with van der Waals surface area (Å²) in [4.78, 5) is 18.2. The highest BCUT2D eigenvalue weighted by Crippen LogP contribution is 2.20. The van der Waals surface area contributed by atoms with E-state index < -0.39 is 6.10 Å². The molecule has 28 heavy (non-hydrogen) atoms. The Morgan fingerprint density at radius 2 is 1.79 bits per heavy atom. The Morgan fingerprint density at radius 3 is 2.43 bits per heavy atom. The van der Waals surface area contributed by atoms with E-state index in [2.05, 4.69) is 10.1 Å². The van der Waals surface area contributed by atoms with Gasteiger partial charge in [0.25, 0.3) is 5.91 Å². The number of ether oxygens (including phenoxy) is 2. The first-order chi connectivity index (χ1) is 13.5. The van der Waals surface area contributed by atoms with Crippen molar-refractivity contribution in [1.29, 1.82) is 0 Å². The second-order valence-corrected chi connectivity index (χ2v) is 6.15. The summed E-state index contributed by atoms with van der Waals surface area (Å²) in [5.41, 5.74) is 0.776. The lowest BCUT2D eigenvalue weighted by atomic mass is 10.2. The summed E-state index contributed by atoms with van der Waals surface area (Å²) < 4.78 is 28.9. The number of methoxy groups -OCH3 is 1. The van der Waals surface area contributed by atoms with Gasteiger partial charge in [-0.25, -0.2) is 4.39 Å². The zero-order valence-electron chi connectivity index (χ0n) is 15.8. The summed E-state index contributed by atoms with van der Waals surface area (Å²) >= 11 is 0. The van der Waals surface area contributed by atoms with Crippen LogP contribution in [0.2, 0.25) is 0 Å². The van der Waals surface area contributed by atoms with Crippen molar-refractivity contribution in [2.45, 2.75) is 19.6 Å². The van der Waals surface area contributed by atoms with Crippen molar-refractivity contribution >= 4 is 5.91 Å². The molecule has 0 aliphatic heterocycles. The van der Waals surface area contributed by atoms with Crippen LogP contribution in [0.5, 0.6) is 11.5 Å². The summed E-state index contributed by atoms with van der Waals surface area (Å²) in [6.45, 7) is 1.76. The van der Waals surface area contributed by atoms with Crippen molar-refractivity contribution in [2.24, 2.45) is 0 Å². The number of aromatic nitrogens is 2. The van der Waals surface area contributed by atoms with Gasteiger partial charge in [-0.3, -0.25) is 4.79 Å². The monoisotopic (exact) mass is 385 g/mol. The van der Waals surface area contributed by atoms with Crippen molar-refractivity contribution in [3.8, 4) is 22.9 Å². The number of nitrogens with zero attached hydrogens (tertiary/aromatic N) is 3. The van der Waals surface area contributed by atoms with E-state index in [1.54, 1.807) is 33.2 Å². The van der Waals surface area contributed by atoms with E-state index in [0.717, 1.165) is 11.3 Å². The summed E-state index contributed by atoms with van der Waals surface area (Å²) in [7, 11) is 3.21. The Hall–Kier alpha value is -3.42. The molecule has 0 N–H and O–H groups in total. The lowest BCUT2D eigenvalue weighted by Crippen LogP contribution is -2.37. The number of amides is 1. The van der Waals surface area contributed by atoms with Gasteiger partial charge < -0.3 is 18.9 Å². The predicted octanol–water partition coefficient (Wildman–Crippen LogP) is 3.31. The first kappa shape index (κ1) is 19.3. The topological polar surface area (TPSA) is 77.7 Å². The summed E-state index contributed by atoms with van der Waals surface area (Å²) in [5.74, 6) is 1.23. The normalized spacial score (nSPS) is 11.7. The third-order valence-corrected chi connectivity index (χ3v) is 4.04. The van der Waals surface area contributed by atoms with Crippen molar-refractivity contribution in [3.63, 3.8) is 0 Å². The highest BCUT2D eigenvalue weighted by atomic mass is 19.1. The summed E-state index contributed by atoms with van der Waals surface area (Å²) in [6.07, 6.45) is -0.751. The van der Waals surface area contributed by atoms with Gasteiger partial charge in [0.15, 0.2) is 6.10 Å². The van der Waals surface area contributed by atoms with Crippen LogP contribution < -0.4 is 9.47 Å². The fraction of sp³-hybridized carbons (Fsp3) is 0.250. The molecular weight excluding hydrogens is 365 g/mol. The SMILES string of the molecule is COc1ccc(-c2noc(CN(C)C(=O)[C@H](C)Oc3ccc(F)cc3)n2)cc1. The van der Waals surface area contributed by atoms with Gasteiger partial charge >= 0.3 is 0 Å². The third-order valence-electron chi connectivity index (χ3n) is 4.04. The number of carbonyl (C=O) groups is 1. The van der Waals surface area contributed by atoms with E-state index >= 15 is 0 Å². The van der Waals surface area contributed by atoms with Crippen LogP contribution in [-0.4, -0.2) is 41.2 Å². The van der Waals surface area contributed by atoms with Gasteiger partial charge in [0.2, 0.25) is 11.7 Å². The Labute approximate surface area is 161 Å². The molecule has 0 radical (unpaired) electrons. The van der Waals surface area contributed by atoms with E-state index in [0.29, 0.717) is 17.5 Å². The molecule has 0 saturated carbocycles. The molecule has 1 heterocycles. The molecule has 1 atom stereocenters. The lowest BCUT2D eigenvalue weighted by molar-refractivity contribution is -0.137. The van der Waals surface area contributed by atoms with Crippen LogP contribution in [0, 0.1) is 5.82 Å². The molecule has 2 aromatic carbocycles. The van der Waals surface area contributed by atoms with Crippen molar-refractivity contribution < 1.29 is 23.2 Å². The molecule has 7 nitrogen and oxygen atoms in total. The Bertz CT molecular complexity index is 925. The van der Waals surface area contributed by atoms with Crippen LogP contribution in [0.1, 0.15) is 12.8 Å². The van der Waals surface area contributed by atoms with Crippen molar-refractivity contribution in [3.05, 3.63) is 60.2 Å². The first-order valence-electron chi connectivity index (χ1n) is 8.60. The fourth-order valence-electron chi connectivity index (χ4n) is 2.54. The zero-order chi connectivity index (χ0) is 20.1. The van der Waals surface area contributed by atoms with Gasteiger partial charge in [-0.15, -0.1) is 0 Å². The zero-order valence-corrected chi connectivity index (χ0v) is 15.8. The second kappa shape index (κ2) is 8.51. The Balaban J connectivity index is 1.60. The predicted molar refractivity (Wildman–Crippen MR) is 99.3 cm³/mol. The molecule has 0 bridgehead atoms. The van der Waals surface area contributed by atoms with Crippen LogP contribution in [0.25, 0.3) is 11.4 Å². The molecule has 146 valence electrons. The first-order valence-corrected chi connectivity index (χ1v) is 8.60. The molecular formula is C20H20FN3O4. The highest BCUT2D eigenvalue weighted by Gasteiger charge is 2.21. The molecule has 0 saturated heterocycles. The maximum absolute atomic E-state index is 13.0. The molecule has 0 unspecified atom stereocenters. The number of halogens is 1. The molecule has 8 heteroatoms. The molecule has 3 aromatic rings. The average Bonchev–Trinajstić information content (AvgIpc) is 3.17. The van der Waals surface area contributed by atoms with Gasteiger partial charge in [0.05, 0.1) is 13.7 Å². The minimum Gasteiger partial charge on any atom is -0.497 e. The van der Waals surface area contributed by atoms with Gasteiger partial charge in [-0.2, -0.15) is 4.98 Å². The van der Waals surface area contributed by atoms with Gasteiger partial charge in [-0.05, 0) is 55.5 Å². The van der Waals surface area contributed by atoms with E-state index in [9.17, 15) is 9.18 Å². The minimum atomic E-state index is -0.751. The standard InChI is InChI=1S/C20H20FN3O4/c1-13(27-17-10-6-15(21)7-11-17)20(25)24(2)12-18-22-19(23-28-18)14-4-8-16(26-3)9-5-14/h4-11,13H,12H2,1-3H3/t13-/m0/s1. The number of hydrogen-bond acceptors (Lipinski definition) is 6. The quantitative estimate of drug-likeness (QED) is 0.621. The number of hydrogen-bond donors (Lipinski definition) is 0. The average molecular weight is 385 g/mol. The van der Waals surface area contributed by atoms with E-state index in [-0.39, 0.29) is 18.3 Å². The van der Waals surface area contributed by atoms with E-state index in [1.807, 2.05) is 12.1 Å². The molecule has 0 aliphatic rings. The van der Waals surface area contributed by atoms with Crippen LogP contribution >= 0.6 is 0 Å². The van der Waals surface area contributed by atoms with E-state index in [1.165, 1.54) is 29.2 Å². The largest absolute Gasteiger partial charge is 0.497 e. The van der Waals surface area contributed by atoms with Crippen LogP contribution in [0.15, 0.2) is 53.1 Å². The minimum absolute atomic E-state index is 0.138. The second-order valence-electron chi connectivity index (χ2n) is 6.15. The molecule has 0 fully saturated rings. The number of carbonyl (C=O) groups excluding carboxylic acids is 1. The van der Waals surface area contributed by atoms with Crippen LogP contribution in [0.4, 0.5) is 4.39 Å². The number of likely N-dealkylation sites (N-methyl/N-ethyl adjacent to an activating group) is 1. The molecule has 0 aliphatic carbocycles. The van der Waals surface area contributed by atoms with Gasteiger partial charge in [-0.1, -0.05) is 5.16 Å². The molecule has 1 aromatic heterocycles. The van der Waals surface area contributed by atoms with Crippen molar-refractivity contribution in [2.75, 3.05) is 14.2 Å². The smallest absolute Gasteiger partial charge is 0.263 e. The molecule has 0 spiro atoms. The lowest BCUT2D eigenvalue weighted by Gasteiger charge is -2.20. The Kier molecular flexibility index (Phi) is 5.88. The maximum atomic E-state index is 13.0. The highest BCUT2D eigenvalue weighted by molar-refractivity contribution is 5.80. The number of benzene rings is 2. The third kappa shape index (κ3) is 4.64. The Morgan fingerprint density at radius 1 is 1.14 bits per heavy atom. The van der Waals surface area contributed by atoms with Crippen LogP contribution in [0.3, 0.4) is 0 Å². The van der Waals surface area contributed by atoms with Crippen molar-refractivity contribution in [1.82, 2.24) is 15.0 Å². The number of rotatable bonds is 7. The molecule has 1 amide bonds. The molecule has 3 rings (SSSR count). The van der Waals surface area contributed by atoms with Crippen LogP contribution in [-0.2, 0) is 11.3 Å². The van der Waals surface area contributed by atoms with Gasteiger partial charge in [0, 0.05) is 12.6 Å². The van der Waals surface area contributed by atoms with Gasteiger partial charge in [0.1, 0.15) is 17.3 Å². The maximum Gasteiger partial charge on any atom is 0.263 e. The summed E-state index contributed by atoms with van der Waals surface area (Å²) in [5, 5.41) is 3.94. The summed E-state index contributed by atoms with van der Waals surface area (Å²) in [6, 6.07) is 12.7. The fourth-order valence-corrected chi connectivity index (χ4v) is 2.54.